The Morgan fingerprint density at radius 1 is 1.30 bits per heavy atom. The molecule has 0 amide bonds. The van der Waals surface area contributed by atoms with Crippen LogP contribution in [0.2, 0.25) is 0 Å². The van der Waals surface area contributed by atoms with Crippen molar-refractivity contribution in [2.24, 2.45) is 0 Å². The Balaban J connectivity index is 2.50. The van der Waals surface area contributed by atoms with Crippen LogP contribution in [0.15, 0.2) is 36.5 Å². The van der Waals surface area contributed by atoms with Crippen LogP contribution in [0.25, 0.3) is 5.69 Å². The van der Waals surface area contributed by atoms with Crippen LogP contribution in [0.3, 0.4) is 0 Å². The molecule has 7 heteroatoms. The van der Waals surface area contributed by atoms with Gasteiger partial charge in [-0.15, -0.1) is 0 Å². The molecule has 0 aliphatic heterocycles. The highest BCUT2D eigenvalue weighted by Gasteiger charge is 2.39. The molecule has 106 valence electrons. The fourth-order valence-corrected chi connectivity index (χ4v) is 1.65. The first-order chi connectivity index (χ1) is 9.43. The molecule has 2 aromatic rings. The number of alkyl halides is 3. The standard InChI is InChI=1S/C13H11F3N2O2/c1-2-20-12(19)10-8-18(9-6-4-3-5-7-9)17-11(10)13(14,15)16/h3-8H,2H2,1H3. The molecular formula is C13H11F3N2O2. The van der Waals surface area contributed by atoms with Crippen LogP contribution in [0, 0.1) is 0 Å². The summed E-state index contributed by atoms with van der Waals surface area (Å²) in [5.41, 5.74) is -1.42. The molecule has 0 saturated carbocycles. The smallest absolute Gasteiger partial charge is 0.436 e. The molecule has 0 bridgehead atoms. The third-order valence-electron chi connectivity index (χ3n) is 2.50. The van der Waals surface area contributed by atoms with Gasteiger partial charge in [0, 0.05) is 6.20 Å². The number of para-hydroxylation sites is 1. The van der Waals surface area contributed by atoms with Crippen LogP contribution in [0.5, 0.6) is 0 Å². The minimum Gasteiger partial charge on any atom is -0.462 e. The van der Waals surface area contributed by atoms with E-state index in [1.54, 1.807) is 30.3 Å². The summed E-state index contributed by atoms with van der Waals surface area (Å²) in [6, 6.07) is 8.22. The summed E-state index contributed by atoms with van der Waals surface area (Å²) in [4.78, 5) is 11.6. The van der Waals surface area contributed by atoms with E-state index in [2.05, 4.69) is 9.84 Å². The van der Waals surface area contributed by atoms with Crippen LogP contribution < -0.4 is 0 Å². The Morgan fingerprint density at radius 2 is 1.95 bits per heavy atom. The van der Waals surface area contributed by atoms with Crippen molar-refractivity contribution in [3.8, 4) is 5.69 Å². The number of rotatable bonds is 3. The maximum absolute atomic E-state index is 12.9. The number of hydrogen-bond acceptors (Lipinski definition) is 3. The molecule has 0 atom stereocenters. The van der Waals surface area contributed by atoms with E-state index in [4.69, 9.17) is 0 Å². The zero-order valence-electron chi connectivity index (χ0n) is 10.5. The van der Waals surface area contributed by atoms with E-state index in [0.29, 0.717) is 5.69 Å². The summed E-state index contributed by atoms with van der Waals surface area (Å²) in [6.45, 7) is 1.51. The fraction of sp³-hybridized carbons (Fsp3) is 0.231. The summed E-state index contributed by atoms with van der Waals surface area (Å²) < 4.78 is 44.3. The predicted octanol–water partition coefficient (Wildman–Crippen LogP) is 3.07. The minimum atomic E-state index is -4.72. The monoisotopic (exact) mass is 284 g/mol. The molecule has 0 N–H and O–H groups in total. The molecule has 0 unspecified atom stereocenters. The number of carbonyl (C=O) groups excluding carboxylic acids is 1. The van der Waals surface area contributed by atoms with E-state index in [-0.39, 0.29) is 6.61 Å². The van der Waals surface area contributed by atoms with Gasteiger partial charge in [-0.2, -0.15) is 18.3 Å². The van der Waals surface area contributed by atoms with Gasteiger partial charge in [-0.3, -0.25) is 0 Å². The first-order valence-corrected chi connectivity index (χ1v) is 5.83. The molecule has 0 saturated heterocycles. The lowest BCUT2D eigenvalue weighted by Gasteiger charge is -2.05. The Labute approximate surface area is 112 Å². The lowest BCUT2D eigenvalue weighted by Crippen LogP contribution is -2.14. The highest BCUT2D eigenvalue weighted by atomic mass is 19.4. The predicted molar refractivity (Wildman–Crippen MR) is 64.5 cm³/mol. The summed E-state index contributed by atoms with van der Waals surface area (Å²) >= 11 is 0. The third-order valence-corrected chi connectivity index (χ3v) is 2.50. The molecule has 0 aliphatic carbocycles. The first kappa shape index (κ1) is 14.1. The lowest BCUT2D eigenvalue weighted by molar-refractivity contribution is -0.141. The number of ether oxygens (including phenoxy) is 1. The van der Waals surface area contributed by atoms with Gasteiger partial charge in [0.05, 0.1) is 12.3 Å². The second-order valence-electron chi connectivity index (χ2n) is 3.89. The molecule has 2 rings (SSSR count). The molecule has 0 aliphatic rings. The van der Waals surface area contributed by atoms with Gasteiger partial charge in [-0.25, -0.2) is 9.48 Å². The molecular weight excluding hydrogens is 273 g/mol. The molecule has 0 fully saturated rings. The van der Waals surface area contributed by atoms with Gasteiger partial charge in [0.1, 0.15) is 5.56 Å². The van der Waals surface area contributed by atoms with Crippen molar-refractivity contribution >= 4 is 5.97 Å². The van der Waals surface area contributed by atoms with Crippen molar-refractivity contribution in [2.75, 3.05) is 6.61 Å². The van der Waals surface area contributed by atoms with E-state index in [9.17, 15) is 18.0 Å². The van der Waals surface area contributed by atoms with Crippen LogP contribution in [-0.4, -0.2) is 22.4 Å². The topological polar surface area (TPSA) is 44.1 Å². The van der Waals surface area contributed by atoms with E-state index in [1.807, 2.05) is 0 Å². The number of carbonyl (C=O) groups is 1. The highest BCUT2D eigenvalue weighted by molar-refractivity contribution is 5.90. The fourth-order valence-electron chi connectivity index (χ4n) is 1.65. The van der Waals surface area contributed by atoms with E-state index >= 15 is 0 Å². The molecule has 0 spiro atoms. The van der Waals surface area contributed by atoms with Crippen LogP contribution >= 0.6 is 0 Å². The van der Waals surface area contributed by atoms with Crippen molar-refractivity contribution < 1.29 is 22.7 Å². The zero-order valence-corrected chi connectivity index (χ0v) is 10.5. The van der Waals surface area contributed by atoms with Crippen molar-refractivity contribution in [1.82, 2.24) is 9.78 Å². The van der Waals surface area contributed by atoms with E-state index in [1.165, 1.54) is 6.92 Å². The first-order valence-electron chi connectivity index (χ1n) is 5.83. The lowest BCUT2D eigenvalue weighted by atomic mass is 10.2. The van der Waals surface area contributed by atoms with Crippen molar-refractivity contribution in [3.05, 3.63) is 47.8 Å². The number of hydrogen-bond donors (Lipinski definition) is 0. The Bertz CT molecular complexity index is 606. The van der Waals surface area contributed by atoms with Crippen molar-refractivity contribution in [3.63, 3.8) is 0 Å². The minimum absolute atomic E-state index is 0.00729. The maximum atomic E-state index is 12.9. The van der Waals surface area contributed by atoms with Crippen molar-refractivity contribution in [1.29, 1.82) is 0 Å². The van der Waals surface area contributed by atoms with Gasteiger partial charge in [-0.1, -0.05) is 18.2 Å². The Hall–Kier alpha value is -2.31. The molecule has 4 nitrogen and oxygen atoms in total. The quantitative estimate of drug-likeness (QED) is 0.814. The maximum Gasteiger partial charge on any atom is 0.436 e. The summed E-state index contributed by atoms with van der Waals surface area (Å²) in [7, 11) is 0. The second-order valence-corrected chi connectivity index (χ2v) is 3.89. The SMILES string of the molecule is CCOC(=O)c1cn(-c2ccccc2)nc1C(F)(F)F. The van der Waals surface area contributed by atoms with Gasteiger partial charge >= 0.3 is 12.1 Å². The van der Waals surface area contributed by atoms with Gasteiger partial charge in [0.25, 0.3) is 0 Å². The van der Waals surface area contributed by atoms with Gasteiger partial charge in [0.15, 0.2) is 5.69 Å². The summed E-state index contributed by atoms with van der Waals surface area (Å²) in [5, 5.41) is 3.45. The van der Waals surface area contributed by atoms with Crippen LogP contribution in [-0.2, 0) is 10.9 Å². The number of halogens is 3. The molecule has 1 aromatic carbocycles. The molecule has 1 heterocycles. The van der Waals surface area contributed by atoms with Crippen molar-refractivity contribution in [2.45, 2.75) is 13.1 Å². The Morgan fingerprint density at radius 3 is 2.50 bits per heavy atom. The van der Waals surface area contributed by atoms with Gasteiger partial charge in [0.2, 0.25) is 0 Å². The average Bonchev–Trinajstić information content (AvgIpc) is 2.85. The van der Waals surface area contributed by atoms with Crippen LogP contribution in [0.4, 0.5) is 13.2 Å². The number of benzene rings is 1. The second kappa shape index (κ2) is 5.36. The Kier molecular flexibility index (Phi) is 3.78. The number of aromatic nitrogens is 2. The molecule has 0 radical (unpaired) electrons. The zero-order chi connectivity index (χ0) is 14.8. The van der Waals surface area contributed by atoms with Gasteiger partial charge < -0.3 is 4.74 Å². The summed E-state index contributed by atoms with van der Waals surface area (Å²) in [5.74, 6) is -1.04. The van der Waals surface area contributed by atoms with E-state index < -0.39 is 23.4 Å². The average molecular weight is 284 g/mol. The number of nitrogens with zero attached hydrogens (tertiary/aromatic N) is 2. The van der Waals surface area contributed by atoms with E-state index in [0.717, 1.165) is 10.9 Å². The normalized spacial score (nSPS) is 11.4. The summed E-state index contributed by atoms with van der Waals surface area (Å²) in [6.07, 6.45) is -3.70. The van der Waals surface area contributed by atoms with Crippen LogP contribution in [0.1, 0.15) is 23.0 Å². The number of esters is 1. The molecule has 1 aromatic heterocycles. The highest BCUT2D eigenvalue weighted by Crippen LogP contribution is 2.31. The largest absolute Gasteiger partial charge is 0.462 e. The van der Waals surface area contributed by atoms with Gasteiger partial charge in [-0.05, 0) is 19.1 Å². The molecule has 20 heavy (non-hydrogen) atoms. The third kappa shape index (κ3) is 2.81.